The zero-order valence-corrected chi connectivity index (χ0v) is 16.9. The lowest BCUT2D eigenvalue weighted by atomic mass is 9.97. The minimum absolute atomic E-state index is 0.0732. The standard InChI is InChI=1S/C22H24F3N3O2/c1-3-4-9-26-21(29)14-11-28(12-14)22(30)15-6-7-16(23)19(25)20(15)27-18-8-5-13(2)10-17(18)24/h5-8,10,14,27H,3-4,9,11-12H2,1-2H3,(H,26,29). The first-order chi connectivity index (χ1) is 14.3. The van der Waals surface area contributed by atoms with E-state index < -0.39 is 29.0 Å². The number of halogens is 3. The smallest absolute Gasteiger partial charge is 0.256 e. The number of likely N-dealkylation sites (tertiary alicyclic amines) is 1. The Labute approximate surface area is 173 Å². The molecule has 160 valence electrons. The Bertz CT molecular complexity index is 959. The van der Waals surface area contributed by atoms with Gasteiger partial charge in [0.2, 0.25) is 5.91 Å². The number of carbonyl (C=O) groups is 2. The highest BCUT2D eigenvalue weighted by atomic mass is 19.2. The summed E-state index contributed by atoms with van der Waals surface area (Å²) in [7, 11) is 0. The van der Waals surface area contributed by atoms with E-state index in [0.717, 1.165) is 25.0 Å². The summed E-state index contributed by atoms with van der Waals surface area (Å²) in [6.45, 7) is 4.68. The van der Waals surface area contributed by atoms with Crippen LogP contribution in [-0.2, 0) is 4.79 Å². The van der Waals surface area contributed by atoms with Crippen LogP contribution >= 0.6 is 0 Å². The van der Waals surface area contributed by atoms with E-state index in [0.29, 0.717) is 12.1 Å². The maximum Gasteiger partial charge on any atom is 0.256 e. The van der Waals surface area contributed by atoms with Crippen molar-refractivity contribution in [3.63, 3.8) is 0 Å². The highest BCUT2D eigenvalue weighted by Crippen LogP contribution is 2.30. The van der Waals surface area contributed by atoms with Gasteiger partial charge in [-0.2, -0.15) is 0 Å². The first-order valence-corrected chi connectivity index (χ1v) is 9.90. The van der Waals surface area contributed by atoms with E-state index in [1.54, 1.807) is 13.0 Å². The second-order valence-electron chi connectivity index (χ2n) is 7.44. The fourth-order valence-electron chi connectivity index (χ4n) is 3.22. The summed E-state index contributed by atoms with van der Waals surface area (Å²) >= 11 is 0. The van der Waals surface area contributed by atoms with Crippen LogP contribution in [0, 0.1) is 30.3 Å². The molecule has 0 bridgehead atoms. The molecule has 0 radical (unpaired) electrons. The summed E-state index contributed by atoms with van der Waals surface area (Å²) in [5.41, 5.74) is 0.0335. The molecule has 0 aromatic heterocycles. The average molecular weight is 419 g/mol. The normalized spacial score (nSPS) is 13.7. The first-order valence-electron chi connectivity index (χ1n) is 9.90. The Balaban J connectivity index is 1.76. The van der Waals surface area contributed by atoms with Gasteiger partial charge in [-0.25, -0.2) is 13.2 Å². The van der Waals surface area contributed by atoms with Crippen molar-refractivity contribution >= 4 is 23.2 Å². The highest BCUT2D eigenvalue weighted by molar-refractivity contribution is 6.01. The molecule has 1 aliphatic rings. The van der Waals surface area contributed by atoms with E-state index >= 15 is 0 Å². The van der Waals surface area contributed by atoms with Crippen molar-refractivity contribution in [2.45, 2.75) is 26.7 Å². The number of nitrogens with one attached hydrogen (secondary N) is 2. The quantitative estimate of drug-likeness (QED) is 0.663. The van der Waals surface area contributed by atoms with Crippen LogP contribution in [0.3, 0.4) is 0 Å². The predicted molar refractivity (Wildman–Crippen MR) is 108 cm³/mol. The maximum absolute atomic E-state index is 14.5. The van der Waals surface area contributed by atoms with Crippen LogP contribution in [0.15, 0.2) is 30.3 Å². The van der Waals surface area contributed by atoms with Gasteiger partial charge >= 0.3 is 0 Å². The Morgan fingerprint density at radius 3 is 2.50 bits per heavy atom. The third-order valence-electron chi connectivity index (χ3n) is 5.08. The predicted octanol–water partition coefficient (Wildman–Crippen LogP) is 4.14. The molecule has 3 rings (SSSR count). The van der Waals surface area contributed by atoms with Gasteiger partial charge in [0.15, 0.2) is 11.6 Å². The SMILES string of the molecule is CCCCNC(=O)C1CN(C(=O)c2ccc(F)c(F)c2Nc2ccc(C)cc2F)C1. The van der Waals surface area contributed by atoms with Crippen molar-refractivity contribution in [3.8, 4) is 0 Å². The second kappa shape index (κ2) is 9.19. The zero-order valence-electron chi connectivity index (χ0n) is 16.9. The van der Waals surface area contributed by atoms with Crippen molar-refractivity contribution in [2.75, 3.05) is 25.0 Å². The Kier molecular flexibility index (Phi) is 6.64. The molecule has 2 aromatic rings. The molecule has 1 saturated heterocycles. The summed E-state index contributed by atoms with van der Waals surface area (Å²) in [4.78, 5) is 26.3. The molecule has 1 fully saturated rings. The van der Waals surface area contributed by atoms with Crippen molar-refractivity contribution < 1.29 is 22.8 Å². The number of hydrogen-bond acceptors (Lipinski definition) is 3. The van der Waals surface area contributed by atoms with Crippen LogP contribution in [0.5, 0.6) is 0 Å². The summed E-state index contributed by atoms with van der Waals surface area (Å²) in [5, 5.41) is 5.33. The van der Waals surface area contributed by atoms with E-state index in [-0.39, 0.29) is 36.2 Å². The molecule has 1 heterocycles. The van der Waals surface area contributed by atoms with Gasteiger partial charge in [-0.15, -0.1) is 0 Å². The molecule has 0 aliphatic carbocycles. The van der Waals surface area contributed by atoms with Gasteiger partial charge in [-0.3, -0.25) is 9.59 Å². The average Bonchev–Trinajstić information content (AvgIpc) is 2.66. The monoisotopic (exact) mass is 419 g/mol. The number of rotatable bonds is 7. The van der Waals surface area contributed by atoms with Gasteiger partial charge in [0.05, 0.1) is 22.9 Å². The van der Waals surface area contributed by atoms with E-state index in [1.807, 2.05) is 6.92 Å². The molecule has 0 unspecified atom stereocenters. The zero-order chi connectivity index (χ0) is 21.8. The number of nitrogens with zero attached hydrogens (tertiary/aromatic N) is 1. The fraction of sp³-hybridized carbons (Fsp3) is 0.364. The van der Waals surface area contributed by atoms with Gasteiger partial charge in [-0.05, 0) is 43.2 Å². The Morgan fingerprint density at radius 1 is 1.10 bits per heavy atom. The van der Waals surface area contributed by atoms with Gasteiger partial charge in [-0.1, -0.05) is 19.4 Å². The molecule has 2 aromatic carbocycles. The lowest BCUT2D eigenvalue weighted by Crippen LogP contribution is -2.55. The van der Waals surface area contributed by atoms with Crippen molar-refractivity contribution in [1.82, 2.24) is 10.2 Å². The molecule has 30 heavy (non-hydrogen) atoms. The topological polar surface area (TPSA) is 61.4 Å². The van der Waals surface area contributed by atoms with Crippen LogP contribution in [0.2, 0.25) is 0 Å². The summed E-state index contributed by atoms with van der Waals surface area (Å²) in [5.74, 6) is -4.08. The number of amides is 2. The molecular weight excluding hydrogens is 395 g/mol. The number of benzene rings is 2. The summed E-state index contributed by atoms with van der Waals surface area (Å²) in [6, 6.07) is 6.26. The van der Waals surface area contributed by atoms with Crippen molar-refractivity contribution in [2.24, 2.45) is 5.92 Å². The van der Waals surface area contributed by atoms with E-state index in [4.69, 9.17) is 0 Å². The Hall–Kier alpha value is -3.03. The molecule has 0 saturated carbocycles. The third-order valence-corrected chi connectivity index (χ3v) is 5.08. The number of unbranched alkanes of at least 4 members (excludes halogenated alkanes) is 1. The molecule has 2 N–H and O–H groups in total. The van der Waals surface area contributed by atoms with Crippen molar-refractivity contribution in [3.05, 3.63) is 58.9 Å². The molecule has 1 aliphatic heterocycles. The lowest BCUT2D eigenvalue weighted by molar-refractivity contribution is -0.128. The summed E-state index contributed by atoms with van der Waals surface area (Å²) < 4.78 is 42.5. The molecule has 0 atom stereocenters. The largest absolute Gasteiger partial charge is 0.356 e. The van der Waals surface area contributed by atoms with Crippen LogP contribution in [0.25, 0.3) is 0 Å². The molecular formula is C22H24F3N3O2. The molecule has 2 amide bonds. The molecule has 0 spiro atoms. The molecule has 5 nitrogen and oxygen atoms in total. The number of hydrogen-bond donors (Lipinski definition) is 2. The number of aryl methyl sites for hydroxylation is 1. The van der Waals surface area contributed by atoms with Crippen LogP contribution in [0.1, 0.15) is 35.7 Å². The van der Waals surface area contributed by atoms with Gasteiger partial charge in [0.25, 0.3) is 5.91 Å². The number of carbonyl (C=O) groups excluding carboxylic acids is 2. The first kappa shape index (κ1) is 21.7. The minimum atomic E-state index is -1.27. The lowest BCUT2D eigenvalue weighted by Gasteiger charge is -2.38. The Morgan fingerprint density at radius 2 is 1.83 bits per heavy atom. The summed E-state index contributed by atoms with van der Waals surface area (Å²) in [6.07, 6.45) is 1.84. The maximum atomic E-state index is 14.5. The van der Waals surface area contributed by atoms with E-state index in [9.17, 15) is 22.8 Å². The van der Waals surface area contributed by atoms with Gasteiger partial charge in [0.1, 0.15) is 5.82 Å². The second-order valence-corrected chi connectivity index (χ2v) is 7.44. The molecule has 8 heteroatoms. The van der Waals surface area contributed by atoms with Gasteiger partial charge < -0.3 is 15.5 Å². The van der Waals surface area contributed by atoms with Crippen molar-refractivity contribution in [1.29, 1.82) is 0 Å². The van der Waals surface area contributed by atoms with Gasteiger partial charge in [0, 0.05) is 19.6 Å². The van der Waals surface area contributed by atoms with E-state index in [1.165, 1.54) is 17.0 Å². The highest BCUT2D eigenvalue weighted by Gasteiger charge is 2.37. The van der Waals surface area contributed by atoms with Crippen LogP contribution in [0.4, 0.5) is 24.5 Å². The van der Waals surface area contributed by atoms with E-state index in [2.05, 4.69) is 10.6 Å². The third kappa shape index (κ3) is 4.58. The number of anilines is 2. The fourth-order valence-corrected chi connectivity index (χ4v) is 3.22. The van der Waals surface area contributed by atoms with Crippen LogP contribution < -0.4 is 10.6 Å². The minimum Gasteiger partial charge on any atom is -0.356 e. The van der Waals surface area contributed by atoms with Crippen LogP contribution in [-0.4, -0.2) is 36.3 Å².